The zero-order valence-corrected chi connectivity index (χ0v) is 16.8. The van der Waals surface area contributed by atoms with Gasteiger partial charge in [0.2, 0.25) is 0 Å². The van der Waals surface area contributed by atoms with E-state index < -0.39 is 0 Å². The Morgan fingerprint density at radius 2 is 1.96 bits per heavy atom. The molecule has 0 saturated carbocycles. The van der Waals surface area contributed by atoms with E-state index in [1.807, 2.05) is 44.2 Å². The quantitative estimate of drug-likeness (QED) is 0.330. The van der Waals surface area contributed by atoms with Gasteiger partial charge in [-0.1, -0.05) is 51.1 Å². The maximum Gasteiger partial charge on any atom is 0.338 e. The number of nitrogens with zero attached hydrogens (tertiary/aromatic N) is 1. The Labute approximate surface area is 158 Å². The number of esters is 1. The molecule has 1 rings (SSSR count). The topological polar surface area (TPSA) is 50.1 Å². The van der Waals surface area contributed by atoms with Crippen LogP contribution in [0.3, 0.4) is 0 Å². The van der Waals surface area contributed by atoms with Gasteiger partial charge in [0.25, 0.3) is 0 Å². The third-order valence-electron chi connectivity index (χ3n) is 3.50. The van der Waals surface area contributed by atoms with Crippen LogP contribution in [0.25, 0.3) is 5.57 Å². The molecule has 0 aliphatic carbocycles. The lowest BCUT2D eigenvalue weighted by Gasteiger charge is -2.12. The summed E-state index contributed by atoms with van der Waals surface area (Å²) in [6.45, 7) is 13.5. The highest BCUT2D eigenvalue weighted by molar-refractivity contribution is 5.91. The van der Waals surface area contributed by atoms with Gasteiger partial charge in [-0.15, -0.1) is 0 Å². The molecular formula is C23H31NO2. The van der Waals surface area contributed by atoms with E-state index in [1.165, 1.54) is 11.1 Å². The number of carbonyl (C=O) groups excluding carboxylic acids is 1. The van der Waals surface area contributed by atoms with Gasteiger partial charge in [0.05, 0.1) is 18.2 Å². The number of unbranched alkanes of at least 4 members (excludes halogenated alkanes) is 1. The smallest absolute Gasteiger partial charge is 0.338 e. The Hall–Kier alpha value is -2.60. The monoisotopic (exact) mass is 353 g/mol. The molecule has 0 spiro atoms. The van der Waals surface area contributed by atoms with E-state index in [-0.39, 0.29) is 5.97 Å². The van der Waals surface area contributed by atoms with Crippen LogP contribution in [0.15, 0.2) is 48.6 Å². The van der Waals surface area contributed by atoms with Gasteiger partial charge >= 0.3 is 5.97 Å². The number of allylic oxidation sites excluding steroid dienone is 5. The lowest BCUT2D eigenvalue weighted by Crippen LogP contribution is -2.06. The Bertz CT molecular complexity index is 691. The van der Waals surface area contributed by atoms with E-state index >= 15 is 0 Å². The second-order valence-electron chi connectivity index (χ2n) is 5.79. The molecule has 0 N–H and O–H groups in total. The van der Waals surface area contributed by atoms with Gasteiger partial charge in [0.1, 0.15) is 0 Å². The molecule has 0 saturated heterocycles. The first-order valence-corrected chi connectivity index (χ1v) is 9.13. The van der Waals surface area contributed by atoms with E-state index in [4.69, 9.17) is 10.00 Å². The largest absolute Gasteiger partial charge is 0.462 e. The Morgan fingerprint density at radius 3 is 2.42 bits per heavy atom. The summed E-state index contributed by atoms with van der Waals surface area (Å²) in [4.78, 5) is 11.9. The van der Waals surface area contributed by atoms with Gasteiger partial charge in [-0.3, -0.25) is 0 Å². The minimum absolute atomic E-state index is 0.253. The van der Waals surface area contributed by atoms with E-state index in [0.29, 0.717) is 17.7 Å². The number of benzene rings is 1. The highest BCUT2D eigenvalue weighted by Gasteiger charge is 2.11. The van der Waals surface area contributed by atoms with Gasteiger partial charge in [0.15, 0.2) is 0 Å². The number of nitriles is 1. The van der Waals surface area contributed by atoms with Crippen LogP contribution in [0.1, 0.15) is 68.9 Å². The number of aryl methyl sites for hydroxylation is 1. The number of carbonyl (C=O) groups is 1. The number of hydrogen-bond donors (Lipinski definition) is 0. The summed E-state index contributed by atoms with van der Waals surface area (Å²) in [5.41, 5.74) is 4.75. The minimum atomic E-state index is -0.253. The first-order valence-electron chi connectivity index (χ1n) is 9.13. The SMILES string of the molecule is C/C=C\C(=C/CCC)c1cc(C(=O)OCC)ccc1CC.C=C(C)C#N. The summed E-state index contributed by atoms with van der Waals surface area (Å²) in [7, 11) is 0. The van der Waals surface area contributed by atoms with Crippen LogP contribution >= 0.6 is 0 Å². The van der Waals surface area contributed by atoms with E-state index in [2.05, 4.69) is 32.6 Å². The molecule has 0 aliphatic heterocycles. The second kappa shape index (κ2) is 13.7. The summed E-state index contributed by atoms with van der Waals surface area (Å²) in [6, 6.07) is 7.68. The predicted molar refractivity (Wildman–Crippen MR) is 110 cm³/mol. The zero-order valence-electron chi connectivity index (χ0n) is 16.8. The van der Waals surface area contributed by atoms with E-state index in [1.54, 1.807) is 6.92 Å². The summed E-state index contributed by atoms with van der Waals surface area (Å²) < 4.78 is 5.10. The molecule has 0 heterocycles. The fraction of sp³-hybridized carbons (Fsp3) is 0.391. The van der Waals surface area contributed by atoms with E-state index in [0.717, 1.165) is 24.8 Å². The molecule has 0 bridgehead atoms. The van der Waals surface area contributed by atoms with Gasteiger partial charge < -0.3 is 4.74 Å². The van der Waals surface area contributed by atoms with Crippen LogP contribution in [0, 0.1) is 11.3 Å². The molecule has 0 atom stereocenters. The Kier molecular flexibility index (Phi) is 12.3. The first kappa shape index (κ1) is 23.4. The highest BCUT2D eigenvalue weighted by atomic mass is 16.5. The maximum absolute atomic E-state index is 11.9. The third kappa shape index (κ3) is 8.48. The lowest BCUT2D eigenvalue weighted by molar-refractivity contribution is 0.0526. The van der Waals surface area contributed by atoms with Crippen LogP contribution in [0.4, 0.5) is 0 Å². The van der Waals surface area contributed by atoms with Gasteiger partial charge in [-0.05, 0) is 62.4 Å². The molecule has 0 radical (unpaired) electrons. The average Bonchev–Trinajstić information content (AvgIpc) is 2.65. The van der Waals surface area contributed by atoms with Gasteiger partial charge in [-0.2, -0.15) is 5.26 Å². The molecular weight excluding hydrogens is 322 g/mol. The van der Waals surface area contributed by atoms with Crippen LogP contribution in [0.5, 0.6) is 0 Å². The zero-order chi connectivity index (χ0) is 19.9. The van der Waals surface area contributed by atoms with Crippen molar-refractivity contribution >= 4 is 11.5 Å². The van der Waals surface area contributed by atoms with Crippen molar-refractivity contribution in [2.75, 3.05) is 6.61 Å². The van der Waals surface area contributed by atoms with Crippen molar-refractivity contribution in [2.45, 2.75) is 53.9 Å². The van der Waals surface area contributed by atoms with Crippen LogP contribution in [-0.2, 0) is 11.2 Å². The normalized spacial score (nSPS) is 10.7. The average molecular weight is 354 g/mol. The Balaban J connectivity index is 0.00000110. The fourth-order valence-corrected chi connectivity index (χ4v) is 2.24. The summed E-state index contributed by atoms with van der Waals surface area (Å²) in [5, 5.41) is 7.79. The van der Waals surface area contributed by atoms with Gasteiger partial charge in [-0.25, -0.2) is 4.79 Å². The molecule has 0 aromatic heterocycles. The van der Waals surface area contributed by atoms with Crippen LogP contribution < -0.4 is 0 Å². The van der Waals surface area contributed by atoms with Gasteiger partial charge in [0, 0.05) is 5.57 Å². The van der Waals surface area contributed by atoms with Crippen molar-refractivity contribution in [3.05, 3.63) is 65.3 Å². The molecule has 26 heavy (non-hydrogen) atoms. The number of ether oxygens (including phenoxy) is 1. The molecule has 1 aromatic rings. The van der Waals surface area contributed by atoms with Crippen LogP contribution in [0.2, 0.25) is 0 Å². The fourth-order valence-electron chi connectivity index (χ4n) is 2.24. The molecule has 3 heteroatoms. The van der Waals surface area contributed by atoms with E-state index in [9.17, 15) is 4.79 Å². The summed E-state index contributed by atoms with van der Waals surface area (Å²) in [6.07, 6.45) is 9.48. The second-order valence-corrected chi connectivity index (χ2v) is 5.79. The molecule has 0 unspecified atom stereocenters. The van der Waals surface area contributed by atoms with Crippen molar-refractivity contribution in [2.24, 2.45) is 0 Å². The summed E-state index contributed by atoms with van der Waals surface area (Å²) in [5.74, 6) is -0.253. The first-order chi connectivity index (χ1) is 12.4. The third-order valence-corrected chi connectivity index (χ3v) is 3.50. The molecule has 3 nitrogen and oxygen atoms in total. The van der Waals surface area contributed by atoms with Crippen molar-refractivity contribution in [1.82, 2.24) is 0 Å². The molecule has 0 amide bonds. The predicted octanol–water partition coefficient (Wildman–Crippen LogP) is 6.27. The standard InChI is InChI=1S/C19H26O2.C4H5N/c1-5-9-11-16(10-6-2)18-14-17(19(20)21-8-4)13-12-15(18)7-3;1-4(2)3-5/h6,10-14H,5,7-9H2,1-4H3;1H2,2H3/b10-6-,16-11+;. The van der Waals surface area contributed by atoms with Crippen molar-refractivity contribution < 1.29 is 9.53 Å². The number of hydrogen-bond acceptors (Lipinski definition) is 3. The molecule has 0 fully saturated rings. The van der Waals surface area contributed by atoms with Crippen molar-refractivity contribution in [3.8, 4) is 6.07 Å². The number of rotatable bonds is 7. The lowest BCUT2D eigenvalue weighted by atomic mass is 9.94. The molecule has 1 aromatic carbocycles. The summed E-state index contributed by atoms with van der Waals surface area (Å²) >= 11 is 0. The maximum atomic E-state index is 11.9. The Morgan fingerprint density at radius 1 is 1.31 bits per heavy atom. The van der Waals surface area contributed by atoms with Crippen molar-refractivity contribution in [1.29, 1.82) is 5.26 Å². The van der Waals surface area contributed by atoms with Crippen molar-refractivity contribution in [3.63, 3.8) is 0 Å². The highest BCUT2D eigenvalue weighted by Crippen LogP contribution is 2.24. The minimum Gasteiger partial charge on any atom is -0.462 e. The molecule has 0 aliphatic rings. The van der Waals surface area contributed by atoms with Crippen LogP contribution in [-0.4, -0.2) is 12.6 Å². The molecule has 140 valence electrons.